The summed E-state index contributed by atoms with van der Waals surface area (Å²) in [4.78, 5) is 13.7. The quantitative estimate of drug-likeness (QED) is 0.825. The highest BCUT2D eigenvalue weighted by molar-refractivity contribution is 8.00. The summed E-state index contributed by atoms with van der Waals surface area (Å²) in [6.07, 6.45) is 6.08. The largest absolute Gasteiger partial charge is 0.324 e. The van der Waals surface area contributed by atoms with E-state index >= 15 is 0 Å². The molecule has 0 aliphatic carbocycles. The Labute approximate surface area is 105 Å². The number of nitrogens with one attached hydrogen (secondary N) is 1. The topological polar surface area (TPSA) is 37.8 Å². The van der Waals surface area contributed by atoms with Crippen LogP contribution in [0.3, 0.4) is 0 Å². The minimum atomic E-state index is -0.135. The van der Waals surface area contributed by atoms with Crippen molar-refractivity contribution in [3.05, 3.63) is 27.4 Å². The maximum absolute atomic E-state index is 11.1. The molecular weight excluding hydrogens is 240 g/mol. The van der Waals surface area contributed by atoms with Gasteiger partial charge in [-0.1, -0.05) is 13.8 Å². The van der Waals surface area contributed by atoms with Crippen LogP contribution in [0.2, 0.25) is 0 Å². The highest BCUT2D eigenvalue weighted by Crippen LogP contribution is 2.32. The Bertz CT molecular complexity index is 438. The van der Waals surface area contributed by atoms with Crippen molar-refractivity contribution in [2.24, 2.45) is 0 Å². The number of nitrogens with zero attached hydrogens (tertiary/aromatic N) is 1. The van der Waals surface area contributed by atoms with Gasteiger partial charge in [-0.05, 0) is 31.3 Å². The Balaban J connectivity index is 3.03. The van der Waals surface area contributed by atoms with Crippen molar-refractivity contribution in [2.75, 3.05) is 6.26 Å². The second-order valence-electron chi connectivity index (χ2n) is 3.83. The molecule has 0 bridgehead atoms. The third-order valence-corrected chi connectivity index (χ3v) is 4.99. The monoisotopic (exact) mass is 258 g/mol. The molecule has 0 saturated carbocycles. The van der Waals surface area contributed by atoms with Crippen molar-refractivity contribution < 1.29 is 0 Å². The van der Waals surface area contributed by atoms with Crippen molar-refractivity contribution >= 4 is 24.0 Å². The van der Waals surface area contributed by atoms with Crippen molar-refractivity contribution in [1.82, 2.24) is 9.55 Å². The fourth-order valence-corrected chi connectivity index (χ4v) is 2.78. The zero-order valence-corrected chi connectivity index (χ0v) is 11.6. The molecule has 1 aromatic heterocycles. The Morgan fingerprint density at radius 3 is 2.56 bits per heavy atom. The lowest BCUT2D eigenvalue weighted by atomic mass is 10.0. The summed E-state index contributed by atoms with van der Waals surface area (Å²) in [5.41, 5.74) is -0.135. The third kappa shape index (κ3) is 2.98. The van der Waals surface area contributed by atoms with Gasteiger partial charge >= 0.3 is 0 Å². The molecule has 0 fully saturated rings. The summed E-state index contributed by atoms with van der Waals surface area (Å²) >= 11 is 7.02. The van der Waals surface area contributed by atoms with E-state index in [1.54, 1.807) is 6.20 Å². The molecule has 1 rings (SSSR count). The molecule has 0 saturated heterocycles. The lowest BCUT2D eigenvalue weighted by Gasteiger charge is -2.30. The van der Waals surface area contributed by atoms with Gasteiger partial charge < -0.3 is 4.57 Å². The Morgan fingerprint density at radius 2 is 2.12 bits per heavy atom. The lowest BCUT2D eigenvalue weighted by Crippen LogP contribution is -2.30. The molecule has 0 aliphatic rings. The fourth-order valence-electron chi connectivity index (χ4n) is 1.71. The van der Waals surface area contributed by atoms with Crippen LogP contribution in [0.25, 0.3) is 0 Å². The number of thioether (sulfide) groups is 1. The van der Waals surface area contributed by atoms with Crippen LogP contribution in [-0.2, 0) is 6.54 Å². The van der Waals surface area contributed by atoms with Crippen LogP contribution in [0.15, 0.2) is 17.1 Å². The Kier molecular flexibility index (Phi) is 4.80. The van der Waals surface area contributed by atoms with Gasteiger partial charge in [0.15, 0.2) is 4.77 Å². The first-order valence-electron chi connectivity index (χ1n) is 5.42. The molecule has 0 radical (unpaired) electrons. The van der Waals surface area contributed by atoms with Crippen molar-refractivity contribution in [3.8, 4) is 0 Å². The number of hydrogen-bond acceptors (Lipinski definition) is 3. The molecule has 0 aliphatic heterocycles. The van der Waals surface area contributed by atoms with Crippen molar-refractivity contribution in [3.63, 3.8) is 0 Å². The first-order chi connectivity index (χ1) is 7.56. The van der Waals surface area contributed by atoms with Crippen LogP contribution in [0, 0.1) is 4.77 Å². The van der Waals surface area contributed by atoms with Gasteiger partial charge in [0.1, 0.15) is 0 Å². The molecule has 0 aromatic carbocycles. The fraction of sp³-hybridized carbons (Fsp3) is 0.636. The molecule has 1 heterocycles. The van der Waals surface area contributed by atoms with E-state index in [1.807, 2.05) is 16.3 Å². The molecule has 0 atom stereocenters. The van der Waals surface area contributed by atoms with E-state index in [4.69, 9.17) is 12.2 Å². The predicted molar refractivity (Wildman–Crippen MR) is 72.7 cm³/mol. The van der Waals surface area contributed by atoms with Crippen LogP contribution in [0.5, 0.6) is 0 Å². The highest BCUT2D eigenvalue weighted by Gasteiger charge is 2.25. The molecule has 5 heteroatoms. The average molecular weight is 258 g/mol. The van der Waals surface area contributed by atoms with E-state index in [0.717, 1.165) is 19.4 Å². The SMILES string of the molecule is CCC(CC)(Cn1ccc(=O)[nH]c1=S)SC. The molecule has 90 valence electrons. The van der Waals surface area contributed by atoms with Gasteiger partial charge in [-0.3, -0.25) is 9.78 Å². The van der Waals surface area contributed by atoms with Gasteiger partial charge in [-0.2, -0.15) is 11.8 Å². The van der Waals surface area contributed by atoms with Crippen LogP contribution in [-0.4, -0.2) is 20.6 Å². The van der Waals surface area contributed by atoms with E-state index in [9.17, 15) is 4.79 Å². The van der Waals surface area contributed by atoms with Crippen LogP contribution in [0.1, 0.15) is 26.7 Å². The lowest BCUT2D eigenvalue weighted by molar-refractivity contribution is 0.458. The summed E-state index contributed by atoms with van der Waals surface area (Å²) in [5.74, 6) is 0. The Morgan fingerprint density at radius 1 is 1.50 bits per heavy atom. The predicted octanol–water partition coefficient (Wildman–Crippen LogP) is 2.83. The molecule has 0 amide bonds. The van der Waals surface area contributed by atoms with E-state index in [-0.39, 0.29) is 10.3 Å². The highest BCUT2D eigenvalue weighted by atomic mass is 32.2. The minimum absolute atomic E-state index is 0.135. The van der Waals surface area contributed by atoms with E-state index in [0.29, 0.717) is 4.77 Å². The first kappa shape index (κ1) is 13.5. The minimum Gasteiger partial charge on any atom is -0.324 e. The van der Waals surface area contributed by atoms with Crippen LogP contribution in [0.4, 0.5) is 0 Å². The molecule has 1 N–H and O–H groups in total. The van der Waals surface area contributed by atoms with Gasteiger partial charge in [0.25, 0.3) is 5.56 Å². The number of rotatable bonds is 5. The van der Waals surface area contributed by atoms with Crippen molar-refractivity contribution in [1.29, 1.82) is 0 Å². The smallest absolute Gasteiger partial charge is 0.251 e. The van der Waals surface area contributed by atoms with E-state index < -0.39 is 0 Å². The van der Waals surface area contributed by atoms with Crippen molar-refractivity contribution in [2.45, 2.75) is 38.0 Å². The summed E-state index contributed by atoms with van der Waals surface area (Å²) in [6.45, 7) is 5.22. The molecule has 16 heavy (non-hydrogen) atoms. The molecule has 1 aromatic rings. The number of aromatic amines is 1. The van der Waals surface area contributed by atoms with E-state index in [1.165, 1.54) is 6.07 Å². The molecule has 3 nitrogen and oxygen atoms in total. The number of aromatic nitrogens is 2. The van der Waals surface area contributed by atoms with Gasteiger partial charge in [0, 0.05) is 23.6 Å². The van der Waals surface area contributed by atoms with Gasteiger partial charge in [-0.25, -0.2) is 0 Å². The maximum atomic E-state index is 11.1. The second-order valence-corrected chi connectivity index (χ2v) is 5.49. The maximum Gasteiger partial charge on any atom is 0.251 e. The third-order valence-electron chi connectivity index (χ3n) is 3.08. The zero-order valence-electron chi connectivity index (χ0n) is 9.95. The summed E-state index contributed by atoms with van der Waals surface area (Å²) in [7, 11) is 0. The van der Waals surface area contributed by atoms with Gasteiger partial charge in [0.05, 0.1) is 0 Å². The number of hydrogen-bond donors (Lipinski definition) is 1. The van der Waals surface area contributed by atoms with Gasteiger partial charge in [0.2, 0.25) is 0 Å². The summed E-state index contributed by atoms with van der Waals surface area (Å²) in [6, 6.07) is 1.52. The van der Waals surface area contributed by atoms with E-state index in [2.05, 4.69) is 25.1 Å². The Hall–Kier alpha value is -0.550. The normalized spacial score (nSPS) is 11.7. The van der Waals surface area contributed by atoms with Crippen LogP contribution >= 0.6 is 24.0 Å². The van der Waals surface area contributed by atoms with Crippen LogP contribution < -0.4 is 5.56 Å². The zero-order chi connectivity index (χ0) is 12.2. The standard InChI is InChI=1S/C11H18N2OS2/c1-4-11(5-2,16-3)8-13-7-6-9(14)12-10(13)15/h6-7H,4-5,8H2,1-3H3,(H,12,14,15). The molecular formula is C11H18N2OS2. The first-order valence-corrected chi connectivity index (χ1v) is 7.05. The summed E-state index contributed by atoms with van der Waals surface area (Å²) < 4.78 is 2.66. The number of H-pyrrole nitrogens is 1. The van der Waals surface area contributed by atoms with Gasteiger partial charge in [-0.15, -0.1) is 0 Å². The average Bonchev–Trinajstić information content (AvgIpc) is 2.29. The summed E-state index contributed by atoms with van der Waals surface area (Å²) in [5, 5.41) is 0. The molecule has 0 unspecified atom stereocenters. The second kappa shape index (κ2) is 5.68. The molecule has 0 spiro atoms.